The van der Waals surface area contributed by atoms with Crippen LogP contribution in [0.3, 0.4) is 0 Å². The van der Waals surface area contributed by atoms with E-state index < -0.39 is 0 Å². The van der Waals surface area contributed by atoms with Crippen molar-refractivity contribution in [2.45, 2.75) is 24.9 Å². The number of hydrogen-bond donors (Lipinski definition) is 1. The normalized spacial score (nSPS) is 12.3. The monoisotopic (exact) mass is 305 g/mol. The first-order valence-electron chi connectivity index (χ1n) is 6.98. The van der Waals surface area contributed by atoms with Crippen molar-refractivity contribution in [3.63, 3.8) is 0 Å². The number of hydrogen-bond acceptors (Lipinski definition) is 6. The first-order chi connectivity index (χ1) is 10.3. The largest absolute Gasteiger partial charge is 0.465 e. The Morgan fingerprint density at radius 1 is 1.33 bits per heavy atom. The number of fused-ring (bicyclic) bond motifs is 1. The van der Waals surface area contributed by atoms with Gasteiger partial charge in [0.25, 0.3) is 0 Å². The van der Waals surface area contributed by atoms with Gasteiger partial charge >= 0.3 is 5.97 Å². The molecule has 2 rings (SSSR count). The van der Waals surface area contributed by atoms with Crippen molar-refractivity contribution in [2.24, 2.45) is 0 Å². The van der Waals surface area contributed by atoms with E-state index in [4.69, 9.17) is 4.74 Å². The summed E-state index contributed by atoms with van der Waals surface area (Å²) in [7, 11) is 0. The summed E-state index contributed by atoms with van der Waals surface area (Å²) in [6.45, 7) is 4.89. The van der Waals surface area contributed by atoms with Gasteiger partial charge in [-0.1, -0.05) is 25.1 Å². The molecule has 0 bridgehead atoms. The van der Waals surface area contributed by atoms with E-state index in [1.807, 2.05) is 38.1 Å². The third-order valence-electron chi connectivity index (χ3n) is 2.91. The van der Waals surface area contributed by atoms with Gasteiger partial charge in [0, 0.05) is 11.1 Å². The van der Waals surface area contributed by atoms with Crippen molar-refractivity contribution in [1.82, 2.24) is 15.3 Å². The van der Waals surface area contributed by atoms with E-state index >= 15 is 0 Å². The van der Waals surface area contributed by atoms with Gasteiger partial charge in [-0.05, 0) is 19.5 Å². The van der Waals surface area contributed by atoms with E-state index in [9.17, 15) is 4.79 Å². The van der Waals surface area contributed by atoms with E-state index in [1.165, 1.54) is 11.8 Å². The van der Waals surface area contributed by atoms with Crippen LogP contribution in [0.15, 0.2) is 35.6 Å². The van der Waals surface area contributed by atoms with Gasteiger partial charge < -0.3 is 10.1 Å². The first kappa shape index (κ1) is 15.7. The van der Waals surface area contributed by atoms with E-state index in [0.29, 0.717) is 18.9 Å². The summed E-state index contributed by atoms with van der Waals surface area (Å²) in [5, 5.41) is 5.03. The summed E-state index contributed by atoms with van der Waals surface area (Å²) in [5.74, 6) is 0.360. The standard InChI is InChI=1S/C15H19N3O2S/c1-3-16-13(15(19)20-4-2)9-21-14-11-7-5-6-8-12(11)17-10-18-14/h5-8,10,13,16H,3-4,9H2,1-2H3. The average molecular weight is 305 g/mol. The summed E-state index contributed by atoms with van der Waals surface area (Å²) in [6, 6.07) is 7.53. The van der Waals surface area contributed by atoms with Gasteiger partial charge in [-0.2, -0.15) is 0 Å². The lowest BCUT2D eigenvalue weighted by molar-refractivity contribution is -0.144. The van der Waals surface area contributed by atoms with Crippen LogP contribution < -0.4 is 5.32 Å². The van der Waals surface area contributed by atoms with Crippen molar-refractivity contribution < 1.29 is 9.53 Å². The highest BCUT2D eigenvalue weighted by molar-refractivity contribution is 7.99. The SMILES string of the molecule is CCNC(CSc1ncnc2ccccc12)C(=O)OCC. The number of carbonyl (C=O) groups excluding carboxylic acids is 1. The number of esters is 1. The minimum atomic E-state index is -0.325. The van der Waals surface area contributed by atoms with E-state index in [-0.39, 0.29) is 12.0 Å². The molecule has 1 unspecified atom stereocenters. The first-order valence-corrected chi connectivity index (χ1v) is 7.97. The van der Waals surface area contributed by atoms with E-state index in [1.54, 1.807) is 6.33 Å². The third-order valence-corrected chi connectivity index (χ3v) is 4.01. The Morgan fingerprint density at radius 3 is 2.90 bits per heavy atom. The molecule has 21 heavy (non-hydrogen) atoms. The second-order valence-electron chi connectivity index (χ2n) is 4.37. The maximum Gasteiger partial charge on any atom is 0.323 e. The van der Waals surface area contributed by atoms with E-state index in [2.05, 4.69) is 15.3 Å². The summed E-state index contributed by atoms with van der Waals surface area (Å²) in [5.41, 5.74) is 0.908. The van der Waals surface area contributed by atoms with Crippen LogP contribution in [0.1, 0.15) is 13.8 Å². The molecule has 1 aromatic heterocycles. The predicted molar refractivity (Wildman–Crippen MR) is 84.4 cm³/mol. The van der Waals surface area contributed by atoms with Crippen LogP contribution in [0.2, 0.25) is 0 Å². The number of rotatable bonds is 7. The Kier molecular flexibility index (Phi) is 5.95. The van der Waals surface area contributed by atoms with Gasteiger partial charge in [0.15, 0.2) is 0 Å². The minimum Gasteiger partial charge on any atom is -0.465 e. The minimum absolute atomic E-state index is 0.217. The molecule has 0 aliphatic carbocycles. The van der Waals surface area contributed by atoms with Crippen LogP contribution in [-0.4, -0.2) is 40.9 Å². The molecule has 0 radical (unpaired) electrons. The highest BCUT2D eigenvalue weighted by atomic mass is 32.2. The van der Waals surface area contributed by atoms with Crippen molar-refractivity contribution >= 4 is 28.6 Å². The number of carbonyl (C=O) groups is 1. The van der Waals surface area contributed by atoms with Gasteiger partial charge in [-0.25, -0.2) is 9.97 Å². The molecule has 0 spiro atoms. The quantitative estimate of drug-likeness (QED) is 0.481. The molecular formula is C15H19N3O2S. The van der Waals surface area contributed by atoms with Crippen LogP contribution in [0.4, 0.5) is 0 Å². The lowest BCUT2D eigenvalue weighted by Gasteiger charge is -2.15. The number of nitrogens with zero attached hydrogens (tertiary/aromatic N) is 2. The molecule has 1 atom stereocenters. The molecule has 0 saturated heterocycles. The highest BCUT2D eigenvalue weighted by Crippen LogP contribution is 2.24. The van der Waals surface area contributed by atoms with Gasteiger partial charge in [0.1, 0.15) is 17.4 Å². The zero-order valence-electron chi connectivity index (χ0n) is 12.2. The number of aromatic nitrogens is 2. The van der Waals surface area contributed by atoms with Crippen molar-refractivity contribution in [2.75, 3.05) is 18.9 Å². The fourth-order valence-corrected chi connectivity index (χ4v) is 2.99. The lowest BCUT2D eigenvalue weighted by Crippen LogP contribution is -2.40. The molecular weight excluding hydrogens is 286 g/mol. The smallest absolute Gasteiger partial charge is 0.323 e. The van der Waals surface area contributed by atoms with Gasteiger partial charge in [0.05, 0.1) is 12.1 Å². The number of ether oxygens (including phenoxy) is 1. The zero-order chi connectivity index (χ0) is 15.1. The van der Waals surface area contributed by atoms with Crippen molar-refractivity contribution in [1.29, 1.82) is 0 Å². The molecule has 1 N–H and O–H groups in total. The Bertz CT molecular complexity index is 601. The van der Waals surface area contributed by atoms with Crippen LogP contribution in [0, 0.1) is 0 Å². The second-order valence-corrected chi connectivity index (χ2v) is 5.38. The van der Waals surface area contributed by atoms with Crippen LogP contribution in [-0.2, 0) is 9.53 Å². The van der Waals surface area contributed by atoms with Crippen LogP contribution in [0.5, 0.6) is 0 Å². The summed E-state index contributed by atoms with van der Waals surface area (Å²) >= 11 is 1.54. The third kappa shape index (κ3) is 4.15. The Balaban J connectivity index is 2.10. The molecule has 1 aromatic carbocycles. The van der Waals surface area contributed by atoms with E-state index in [0.717, 1.165) is 15.9 Å². The molecule has 2 aromatic rings. The topological polar surface area (TPSA) is 64.1 Å². The number of likely N-dealkylation sites (N-methyl/N-ethyl adjacent to an activating group) is 1. The fourth-order valence-electron chi connectivity index (χ4n) is 1.96. The Labute approximate surface area is 128 Å². The van der Waals surface area contributed by atoms with Gasteiger partial charge in [-0.15, -0.1) is 11.8 Å². The van der Waals surface area contributed by atoms with Crippen LogP contribution >= 0.6 is 11.8 Å². The van der Waals surface area contributed by atoms with Crippen molar-refractivity contribution in [3.05, 3.63) is 30.6 Å². The highest BCUT2D eigenvalue weighted by Gasteiger charge is 2.19. The van der Waals surface area contributed by atoms with Gasteiger partial charge in [0.2, 0.25) is 0 Å². The molecule has 5 nitrogen and oxygen atoms in total. The summed E-state index contributed by atoms with van der Waals surface area (Å²) in [6.07, 6.45) is 1.55. The number of benzene rings is 1. The molecule has 0 aliphatic heterocycles. The molecule has 1 heterocycles. The number of thioether (sulfide) groups is 1. The maximum absolute atomic E-state index is 11.9. The van der Waals surface area contributed by atoms with Crippen molar-refractivity contribution in [3.8, 4) is 0 Å². The zero-order valence-corrected chi connectivity index (χ0v) is 13.0. The molecule has 0 saturated carbocycles. The summed E-state index contributed by atoms with van der Waals surface area (Å²) < 4.78 is 5.08. The molecule has 0 amide bonds. The Hall–Kier alpha value is -1.66. The predicted octanol–water partition coefficient (Wildman–Crippen LogP) is 2.26. The average Bonchev–Trinajstić information content (AvgIpc) is 2.51. The fraction of sp³-hybridized carbons (Fsp3) is 0.400. The molecule has 6 heteroatoms. The molecule has 0 aliphatic rings. The molecule has 112 valence electrons. The van der Waals surface area contributed by atoms with Crippen LogP contribution in [0.25, 0.3) is 10.9 Å². The lowest BCUT2D eigenvalue weighted by atomic mass is 10.2. The Morgan fingerprint density at radius 2 is 2.14 bits per heavy atom. The maximum atomic E-state index is 11.9. The summed E-state index contributed by atoms with van der Waals surface area (Å²) in [4.78, 5) is 20.4. The van der Waals surface area contributed by atoms with Gasteiger partial charge in [-0.3, -0.25) is 4.79 Å². The number of nitrogens with one attached hydrogen (secondary N) is 1. The second kappa shape index (κ2) is 7.95. The molecule has 0 fully saturated rings. The number of para-hydroxylation sites is 1.